The second-order valence-electron chi connectivity index (χ2n) is 5.41. The van der Waals surface area contributed by atoms with Crippen LogP contribution in [0.5, 0.6) is 0 Å². The molecule has 0 radical (unpaired) electrons. The Balaban J connectivity index is 1.74. The van der Waals surface area contributed by atoms with Gasteiger partial charge in [-0.25, -0.2) is 0 Å². The number of benzene rings is 3. The summed E-state index contributed by atoms with van der Waals surface area (Å²) in [6, 6.07) is 23.1. The highest BCUT2D eigenvalue weighted by molar-refractivity contribution is 5.96. The molecule has 22 heavy (non-hydrogen) atoms. The standard InChI is InChI=1S/C20H18O2/c21-19(16-8-2-1-3-9-16)13-14-20(22)18-12-6-10-15-7-4-5-11-17(15)18/h1-12,20,22H,13-14H2. The molecule has 3 aromatic carbocycles. The molecule has 0 aliphatic carbocycles. The monoisotopic (exact) mass is 290 g/mol. The highest BCUT2D eigenvalue weighted by atomic mass is 16.3. The van der Waals surface area contributed by atoms with E-state index in [9.17, 15) is 9.90 Å². The fourth-order valence-corrected chi connectivity index (χ4v) is 2.73. The molecular weight excluding hydrogens is 272 g/mol. The van der Waals surface area contributed by atoms with Crippen molar-refractivity contribution in [1.29, 1.82) is 0 Å². The molecular formula is C20H18O2. The molecule has 0 amide bonds. The maximum atomic E-state index is 12.1. The van der Waals surface area contributed by atoms with E-state index < -0.39 is 6.10 Å². The highest BCUT2D eigenvalue weighted by Crippen LogP contribution is 2.27. The number of fused-ring (bicyclic) bond motifs is 1. The van der Waals surface area contributed by atoms with Crippen molar-refractivity contribution < 1.29 is 9.90 Å². The zero-order valence-electron chi connectivity index (χ0n) is 12.3. The Morgan fingerprint density at radius 3 is 2.36 bits per heavy atom. The van der Waals surface area contributed by atoms with E-state index in [4.69, 9.17) is 0 Å². The molecule has 3 aromatic rings. The van der Waals surface area contributed by atoms with E-state index >= 15 is 0 Å². The van der Waals surface area contributed by atoms with Gasteiger partial charge < -0.3 is 5.11 Å². The van der Waals surface area contributed by atoms with Gasteiger partial charge in [0.15, 0.2) is 5.78 Å². The Morgan fingerprint density at radius 2 is 1.55 bits per heavy atom. The van der Waals surface area contributed by atoms with Crippen LogP contribution >= 0.6 is 0 Å². The molecule has 3 rings (SSSR count). The van der Waals surface area contributed by atoms with Crippen LogP contribution < -0.4 is 0 Å². The number of ketones is 1. The number of Topliss-reactive ketones (excluding diaryl/α,β-unsaturated/α-hetero) is 1. The normalized spacial score (nSPS) is 12.2. The van der Waals surface area contributed by atoms with Crippen molar-refractivity contribution >= 4 is 16.6 Å². The molecule has 1 N–H and O–H groups in total. The zero-order valence-corrected chi connectivity index (χ0v) is 12.3. The van der Waals surface area contributed by atoms with Gasteiger partial charge in [-0.15, -0.1) is 0 Å². The van der Waals surface area contributed by atoms with Gasteiger partial charge in [0.05, 0.1) is 6.10 Å². The first-order chi connectivity index (χ1) is 10.8. The zero-order chi connectivity index (χ0) is 15.4. The van der Waals surface area contributed by atoms with Crippen LogP contribution in [-0.4, -0.2) is 10.9 Å². The quantitative estimate of drug-likeness (QED) is 0.701. The molecule has 0 aliphatic heterocycles. The predicted octanol–water partition coefficient (Wildman–Crippen LogP) is 4.54. The predicted molar refractivity (Wildman–Crippen MR) is 88.9 cm³/mol. The Hall–Kier alpha value is -2.45. The van der Waals surface area contributed by atoms with E-state index in [1.54, 1.807) is 0 Å². The Bertz CT molecular complexity index is 773. The molecule has 0 aliphatic rings. The summed E-state index contributed by atoms with van der Waals surface area (Å²) < 4.78 is 0. The van der Waals surface area contributed by atoms with Gasteiger partial charge in [0, 0.05) is 12.0 Å². The first-order valence-electron chi connectivity index (χ1n) is 7.49. The number of rotatable bonds is 5. The lowest BCUT2D eigenvalue weighted by Gasteiger charge is -2.13. The van der Waals surface area contributed by atoms with Gasteiger partial charge in [-0.1, -0.05) is 72.8 Å². The Morgan fingerprint density at radius 1 is 0.864 bits per heavy atom. The van der Waals surface area contributed by atoms with E-state index in [1.807, 2.05) is 72.8 Å². The number of aliphatic hydroxyl groups excluding tert-OH is 1. The lowest BCUT2D eigenvalue weighted by Crippen LogP contribution is -2.04. The van der Waals surface area contributed by atoms with Crippen molar-refractivity contribution in [2.24, 2.45) is 0 Å². The lowest BCUT2D eigenvalue weighted by molar-refractivity contribution is 0.0941. The van der Waals surface area contributed by atoms with Crippen LogP contribution in [0, 0.1) is 0 Å². The number of hydrogen-bond donors (Lipinski definition) is 1. The van der Waals surface area contributed by atoms with Crippen molar-refractivity contribution in [3.63, 3.8) is 0 Å². The Kier molecular flexibility index (Phi) is 4.31. The summed E-state index contributed by atoms with van der Waals surface area (Å²) in [5.74, 6) is 0.0693. The van der Waals surface area contributed by atoms with Crippen LogP contribution in [-0.2, 0) is 0 Å². The molecule has 0 saturated carbocycles. The average Bonchev–Trinajstić information content (AvgIpc) is 2.59. The molecule has 2 heteroatoms. The van der Waals surface area contributed by atoms with Crippen molar-refractivity contribution in [2.45, 2.75) is 18.9 Å². The highest BCUT2D eigenvalue weighted by Gasteiger charge is 2.13. The average molecular weight is 290 g/mol. The molecule has 0 aromatic heterocycles. The number of aliphatic hydroxyl groups is 1. The minimum atomic E-state index is -0.626. The van der Waals surface area contributed by atoms with Gasteiger partial charge in [-0.2, -0.15) is 0 Å². The van der Waals surface area contributed by atoms with E-state index in [2.05, 4.69) is 0 Å². The van der Waals surface area contributed by atoms with Crippen LogP contribution in [0.3, 0.4) is 0 Å². The fraction of sp³-hybridized carbons (Fsp3) is 0.150. The molecule has 0 saturated heterocycles. The van der Waals surface area contributed by atoms with Gasteiger partial charge in [-0.05, 0) is 22.8 Å². The summed E-state index contributed by atoms with van der Waals surface area (Å²) in [5.41, 5.74) is 1.59. The molecule has 0 spiro atoms. The SMILES string of the molecule is O=C(CCC(O)c1cccc2ccccc12)c1ccccc1. The summed E-state index contributed by atoms with van der Waals surface area (Å²) in [6.45, 7) is 0. The Labute approximate surface area is 130 Å². The first kappa shape index (κ1) is 14.5. The maximum absolute atomic E-state index is 12.1. The summed E-state index contributed by atoms with van der Waals surface area (Å²) >= 11 is 0. The molecule has 1 atom stereocenters. The third-order valence-electron chi connectivity index (χ3n) is 3.92. The minimum absolute atomic E-state index is 0.0693. The van der Waals surface area contributed by atoms with Crippen LogP contribution in [0.25, 0.3) is 10.8 Å². The van der Waals surface area contributed by atoms with Crippen molar-refractivity contribution in [3.05, 3.63) is 83.9 Å². The van der Waals surface area contributed by atoms with Gasteiger partial charge in [0.2, 0.25) is 0 Å². The van der Waals surface area contributed by atoms with Gasteiger partial charge >= 0.3 is 0 Å². The van der Waals surface area contributed by atoms with Gasteiger partial charge in [0.1, 0.15) is 0 Å². The minimum Gasteiger partial charge on any atom is -0.388 e. The van der Waals surface area contributed by atoms with Gasteiger partial charge in [-0.3, -0.25) is 4.79 Å². The van der Waals surface area contributed by atoms with E-state index in [-0.39, 0.29) is 5.78 Å². The number of carbonyl (C=O) groups excluding carboxylic acids is 1. The second kappa shape index (κ2) is 6.54. The summed E-state index contributed by atoms with van der Waals surface area (Å²) in [6.07, 6.45) is 0.148. The van der Waals surface area contributed by atoms with Crippen molar-refractivity contribution in [3.8, 4) is 0 Å². The maximum Gasteiger partial charge on any atom is 0.162 e. The summed E-state index contributed by atoms with van der Waals surface area (Å²) in [5, 5.41) is 12.6. The van der Waals surface area contributed by atoms with Crippen LogP contribution in [0.1, 0.15) is 34.9 Å². The summed E-state index contributed by atoms with van der Waals surface area (Å²) in [4.78, 5) is 12.1. The first-order valence-corrected chi connectivity index (χ1v) is 7.49. The van der Waals surface area contributed by atoms with Crippen LogP contribution in [0.4, 0.5) is 0 Å². The summed E-state index contributed by atoms with van der Waals surface area (Å²) in [7, 11) is 0. The van der Waals surface area contributed by atoms with E-state index in [1.165, 1.54) is 0 Å². The lowest BCUT2D eigenvalue weighted by atomic mass is 9.96. The molecule has 1 unspecified atom stereocenters. The van der Waals surface area contributed by atoms with Crippen molar-refractivity contribution in [2.75, 3.05) is 0 Å². The largest absolute Gasteiger partial charge is 0.388 e. The number of hydrogen-bond acceptors (Lipinski definition) is 2. The number of carbonyl (C=O) groups is 1. The smallest absolute Gasteiger partial charge is 0.162 e. The topological polar surface area (TPSA) is 37.3 Å². The van der Waals surface area contributed by atoms with Crippen LogP contribution in [0.15, 0.2) is 72.8 Å². The second-order valence-corrected chi connectivity index (χ2v) is 5.41. The molecule has 0 bridgehead atoms. The molecule has 0 fully saturated rings. The molecule has 110 valence electrons. The molecule has 0 heterocycles. The van der Waals surface area contributed by atoms with Crippen LogP contribution in [0.2, 0.25) is 0 Å². The van der Waals surface area contributed by atoms with Crippen molar-refractivity contribution in [1.82, 2.24) is 0 Å². The fourth-order valence-electron chi connectivity index (χ4n) is 2.73. The third kappa shape index (κ3) is 3.07. The van der Waals surface area contributed by atoms with E-state index in [0.717, 1.165) is 16.3 Å². The van der Waals surface area contributed by atoms with Gasteiger partial charge in [0.25, 0.3) is 0 Å². The molecule has 2 nitrogen and oxygen atoms in total. The van der Waals surface area contributed by atoms with E-state index in [0.29, 0.717) is 18.4 Å². The third-order valence-corrected chi connectivity index (χ3v) is 3.92.